The molecular weight excluding hydrogens is 312 g/mol. The van der Waals surface area contributed by atoms with E-state index in [1.54, 1.807) is 24.3 Å². The topological polar surface area (TPSA) is 58.2 Å². The van der Waals surface area contributed by atoms with E-state index in [-0.39, 0.29) is 24.3 Å². The number of amides is 2. The van der Waals surface area contributed by atoms with E-state index < -0.39 is 0 Å². The molecule has 0 spiro atoms. The first kappa shape index (κ1) is 17.8. The first-order valence-electron chi connectivity index (χ1n) is 8.31. The van der Waals surface area contributed by atoms with E-state index in [0.717, 1.165) is 6.42 Å². The maximum atomic E-state index is 12.1. The molecule has 0 bridgehead atoms. The molecule has 2 amide bonds. The maximum Gasteiger partial charge on any atom is 0.252 e. The van der Waals surface area contributed by atoms with Gasteiger partial charge in [-0.25, -0.2) is 0 Å². The van der Waals surface area contributed by atoms with E-state index in [1.165, 1.54) is 12.8 Å². The van der Waals surface area contributed by atoms with Gasteiger partial charge in [0.25, 0.3) is 5.91 Å². The summed E-state index contributed by atoms with van der Waals surface area (Å²) in [6, 6.07) is 7.14. The van der Waals surface area contributed by atoms with Gasteiger partial charge >= 0.3 is 0 Å². The second-order valence-electron chi connectivity index (χ2n) is 6.43. The monoisotopic (exact) mass is 336 g/mol. The van der Waals surface area contributed by atoms with Gasteiger partial charge in [-0.1, -0.05) is 50.4 Å². The van der Waals surface area contributed by atoms with Crippen LogP contribution in [0.4, 0.5) is 0 Å². The van der Waals surface area contributed by atoms with Crippen molar-refractivity contribution in [1.29, 1.82) is 0 Å². The summed E-state index contributed by atoms with van der Waals surface area (Å²) in [6.07, 6.45) is 3.73. The Bertz CT molecular complexity index is 562. The normalized spacial score (nSPS) is 24.0. The molecule has 1 aromatic rings. The Morgan fingerprint density at radius 3 is 2.70 bits per heavy atom. The van der Waals surface area contributed by atoms with Gasteiger partial charge in [0, 0.05) is 19.0 Å². The number of halogens is 1. The van der Waals surface area contributed by atoms with Crippen LogP contribution in [0.3, 0.4) is 0 Å². The maximum absolute atomic E-state index is 12.1. The quantitative estimate of drug-likeness (QED) is 0.865. The molecule has 126 valence electrons. The van der Waals surface area contributed by atoms with Crippen LogP contribution in [-0.2, 0) is 4.79 Å². The lowest BCUT2D eigenvalue weighted by molar-refractivity contribution is -0.122. The van der Waals surface area contributed by atoms with Gasteiger partial charge in [-0.2, -0.15) is 0 Å². The first-order chi connectivity index (χ1) is 11.0. The third-order valence-corrected chi connectivity index (χ3v) is 5.14. The molecule has 0 aromatic heterocycles. The van der Waals surface area contributed by atoms with E-state index in [1.807, 2.05) is 0 Å². The largest absolute Gasteiger partial charge is 0.353 e. The van der Waals surface area contributed by atoms with Crippen molar-refractivity contribution in [3.8, 4) is 0 Å². The smallest absolute Gasteiger partial charge is 0.252 e. The first-order valence-corrected chi connectivity index (χ1v) is 8.69. The van der Waals surface area contributed by atoms with Crippen molar-refractivity contribution in [3.05, 3.63) is 34.9 Å². The van der Waals surface area contributed by atoms with Crippen molar-refractivity contribution in [2.75, 3.05) is 6.54 Å². The van der Waals surface area contributed by atoms with E-state index >= 15 is 0 Å². The molecule has 2 rings (SSSR count). The molecule has 1 saturated carbocycles. The summed E-state index contributed by atoms with van der Waals surface area (Å²) in [5.74, 6) is 0.901. The van der Waals surface area contributed by atoms with Gasteiger partial charge in [-0.05, 0) is 30.4 Å². The number of carbonyl (C=O) groups excluding carboxylic acids is 2. The van der Waals surface area contributed by atoms with Crippen molar-refractivity contribution in [3.63, 3.8) is 0 Å². The summed E-state index contributed by atoms with van der Waals surface area (Å²) in [6.45, 7) is 4.76. The minimum atomic E-state index is -0.247. The highest BCUT2D eigenvalue weighted by Crippen LogP contribution is 2.29. The van der Waals surface area contributed by atoms with Crippen molar-refractivity contribution in [2.24, 2.45) is 11.8 Å². The van der Waals surface area contributed by atoms with Crippen LogP contribution in [0.5, 0.6) is 0 Å². The average molecular weight is 337 g/mol. The summed E-state index contributed by atoms with van der Waals surface area (Å²) in [4.78, 5) is 24.1. The molecule has 5 heteroatoms. The zero-order valence-corrected chi connectivity index (χ0v) is 14.5. The SMILES string of the molecule is C[C@@H]1[C@H](C)CCC[C@H]1NC(=O)CCNC(=O)c1ccccc1Cl. The van der Waals surface area contributed by atoms with Crippen LogP contribution < -0.4 is 10.6 Å². The van der Waals surface area contributed by atoms with Crippen molar-refractivity contribution < 1.29 is 9.59 Å². The van der Waals surface area contributed by atoms with E-state index in [9.17, 15) is 9.59 Å². The predicted octanol–water partition coefficient (Wildman–Crippen LogP) is 3.40. The molecule has 2 N–H and O–H groups in total. The van der Waals surface area contributed by atoms with Crippen LogP contribution in [0.2, 0.25) is 5.02 Å². The number of hydrogen-bond acceptors (Lipinski definition) is 2. The number of hydrogen-bond donors (Lipinski definition) is 2. The minimum absolute atomic E-state index is 0.00425. The van der Waals surface area contributed by atoms with Crippen LogP contribution >= 0.6 is 11.6 Å². The minimum Gasteiger partial charge on any atom is -0.353 e. The Labute approximate surface area is 143 Å². The number of benzene rings is 1. The third-order valence-electron chi connectivity index (χ3n) is 4.81. The van der Waals surface area contributed by atoms with Crippen LogP contribution in [0, 0.1) is 11.8 Å². The zero-order valence-electron chi connectivity index (χ0n) is 13.8. The fourth-order valence-electron chi connectivity index (χ4n) is 3.09. The Kier molecular flexibility index (Phi) is 6.46. The molecule has 23 heavy (non-hydrogen) atoms. The van der Waals surface area contributed by atoms with Gasteiger partial charge < -0.3 is 10.6 Å². The lowest BCUT2D eigenvalue weighted by atomic mass is 9.78. The van der Waals surface area contributed by atoms with Crippen LogP contribution in [0.15, 0.2) is 24.3 Å². The van der Waals surface area contributed by atoms with Gasteiger partial charge in [0.15, 0.2) is 0 Å². The highest BCUT2D eigenvalue weighted by Gasteiger charge is 2.27. The van der Waals surface area contributed by atoms with Crippen molar-refractivity contribution in [2.45, 2.75) is 45.6 Å². The molecule has 0 aliphatic heterocycles. The predicted molar refractivity (Wildman–Crippen MR) is 92.5 cm³/mol. The summed E-state index contributed by atoms with van der Waals surface area (Å²) < 4.78 is 0. The Morgan fingerprint density at radius 2 is 1.96 bits per heavy atom. The summed E-state index contributed by atoms with van der Waals surface area (Å²) >= 11 is 5.98. The second kappa shape index (κ2) is 8.34. The van der Waals surface area contributed by atoms with Gasteiger partial charge in [-0.15, -0.1) is 0 Å². The molecule has 0 unspecified atom stereocenters. The molecule has 1 aliphatic rings. The van der Waals surface area contributed by atoms with Gasteiger partial charge in [0.05, 0.1) is 10.6 Å². The van der Waals surface area contributed by atoms with Crippen molar-refractivity contribution in [1.82, 2.24) is 10.6 Å². The highest BCUT2D eigenvalue weighted by atomic mass is 35.5. The average Bonchev–Trinajstić information content (AvgIpc) is 2.52. The molecule has 0 heterocycles. The molecule has 0 saturated heterocycles. The number of rotatable bonds is 5. The molecule has 1 fully saturated rings. The summed E-state index contributed by atoms with van der Waals surface area (Å²) in [5.41, 5.74) is 0.435. The second-order valence-corrected chi connectivity index (χ2v) is 6.83. The standard InChI is InChI=1S/C18H25ClN2O2/c1-12-6-5-9-16(13(12)2)21-17(22)10-11-20-18(23)14-7-3-4-8-15(14)19/h3-4,7-8,12-13,16H,5-6,9-11H2,1-2H3,(H,20,23)(H,21,22)/t12-,13-,16-/m1/s1. The highest BCUT2D eigenvalue weighted by molar-refractivity contribution is 6.33. The number of carbonyl (C=O) groups is 2. The van der Waals surface area contributed by atoms with Gasteiger partial charge in [0.1, 0.15) is 0 Å². The van der Waals surface area contributed by atoms with Gasteiger partial charge in [0.2, 0.25) is 5.91 Å². The fourth-order valence-corrected chi connectivity index (χ4v) is 3.32. The molecule has 1 aromatic carbocycles. The molecule has 1 aliphatic carbocycles. The molecule has 3 atom stereocenters. The lowest BCUT2D eigenvalue weighted by Crippen LogP contribution is -2.44. The Balaban J connectivity index is 1.74. The summed E-state index contributed by atoms with van der Waals surface area (Å²) in [7, 11) is 0. The van der Waals surface area contributed by atoms with Crippen LogP contribution in [-0.4, -0.2) is 24.4 Å². The molecule has 0 radical (unpaired) electrons. The molecular formula is C18H25ClN2O2. The van der Waals surface area contributed by atoms with Gasteiger partial charge in [-0.3, -0.25) is 9.59 Å². The molecule has 4 nitrogen and oxygen atoms in total. The fraction of sp³-hybridized carbons (Fsp3) is 0.556. The van der Waals surface area contributed by atoms with E-state index in [0.29, 0.717) is 29.0 Å². The van der Waals surface area contributed by atoms with E-state index in [4.69, 9.17) is 11.6 Å². The number of nitrogens with one attached hydrogen (secondary N) is 2. The third kappa shape index (κ3) is 4.96. The van der Waals surface area contributed by atoms with E-state index in [2.05, 4.69) is 24.5 Å². The Hall–Kier alpha value is -1.55. The lowest BCUT2D eigenvalue weighted by Gasteiger charge is -2.34. The summed E-state index contributed by atoms with van der Waals surface area (Å²) in [5, 5.41) is 6.27. The zero-order chi connectivity index (χ0) is 16.8. The van der Waals surface area contributed by atoms with Crippen LogP contribution in [0.1, 0.15) is 49.9 Å². The Morgan fingerprint density at radius 1 is 1.22 bits per heavy atom. The van der Waals surface area contributed by atoms with Crippen LogP contribution in [0.25, 0.3) is 0 Å². The van der Waals surface area contributed by atoms with Crippen molar-refractivity contribution >= 4 is 23.4 Å².